The molecule has 0 aromatic heterocycles. The Labute approximate surface area is 213 Å². The lowest BCUT2D eigenvalue weighted by Crippen LogP contribution is -2.66. The van der Waals surface area contributed by atoms with Crippen LogP contribution in [-0.2, 0) is 0 Å². The third-order valence-corrected chi connectivity index (χ3v) is 13.5. The lowest BCUT2D eigenvalue weighted by molar-refractivity contribution is -0.228. The summed E-state index contributed by atoms with van der Waals surface area (Å²) in [5, 5.41) is 42.7. The van der Waals surface area contributed by atoms with Gasteiger partial charge in [0.1, 0.15) is 0 Å². The first-order chi connectivity index (χ1) is 16.3. The van der Waals surface area contributed by atoms with Crippen molar-refractivity contribution in [2.75, 3.05) is 13.2 Å². The summed E-state index contributed by atoms with van der Waals surface area (Å²) in [6.07, 6.45) is 11.1. The van der Waals surface area contributed by atoms with E-state index in [1.807, 2.05) is 0 Å². The maximum atomic E-state index is 11.4. The number of allylic oxidation sites excluding steroid dienone is 2. The van der Waals surface area contributed by atoms with Crippen molar-refractivity contribution in [3.05, 3.63) is 11.6 Å². The first kappa shape index (κ1) is 26.2. The zero-order valence-electron chi connectivity index (χ0n) is 23.2. The molecule has 0 heterocycles. The van der Waals surface area contributed by atoms with Gasteiger partial charge in [-0.05, 0) is 114 Å². The van der Waals surface area contributed by atoms with E-state index >= 15 is 0 Å². The first-order valence-electron chi connectivity index (χ1n) is 14.6. The van der Waals surface area contributed by atoms with Crippen LogP contribution in [0.25, 0.3) is 0 Å². The molecular formula is C31H52O4. The van der Waals surface area contributed by atoms with Crippen LogP contribution < -0.4 is 0 Å². The molecule has 5 rings (SSSR count). The highest BCUT2D eigenvalue weighted by Gasteiger charge is 2.68. The fraction of sp³-hybridized carbons (Fsp3) is 0.935. The van der Waals surface area contributed by atoms with Gasteiger partial charge in [0, 0.05) is 13.2 Å². The van der Waals surface area contributed by atoms with E-state index in [-0.39, 0.29) is 52.3 Å². The van der Waals surface area contributed by atoms with Crippen LogP contribution >= 0.6 is 0 Å². The highest BCUT2D eigenvalue weighted by Crippen LogP contribution is 2.75. The van der Waals surface area contributed by atoms with Gasteiger partial charge in [0.2, 0.25) is 0 Å². The Morgan fingerprint density at radius 1 is 0.914 bits per heavy atom. The van der Waals surface area contributed by atoms with E-state index in [0.717, 1.165) is 32.1 Å². The Morgan fingerprint density at radius 3 is 2.29 bits per heavy atom. The third-order valence-electron chi connectivity index (χ3n) is 13.5. The van der Waals surface area contributed by atoms with Gasteiger partial charge < -0.3 is 20.4 Å². The fourth-order valence-corrected chi connectivity index (χ4v) is 11.2. The number of rotatable bonds is 3. The molecule has 0 aromatic carbocycles. The van der Waals surface area contributed by atoms with Gasteiger partial charge >= 0.3 is 0 Å². The Kier molecular flexibility index (Phi) is 6.20. The van der Waals surface area contributed by atoms with E-state index in [4.69, 9.17) is 0 Å². The number of hydrogen-bond donors (Lipinski definition) is 4. The van der Waals surface area contributed by atoms with Gasteiger partial charge in [-0.25, -0.2) is 0 Å². The summed E-state index contributed by atoms with van der Waals surface area (Å²) in [6, 6.07) is 0. The molecule has 35 heavy (non-hydrogen) atoms. The van der Waals surface area contributed by atoms with Crippen LogP contribution in [0.15, 0.2) is 11.6 Å². The maximum absolute atomic E-state index is 11.4. The van der Waals surface area contributed by atoms with Crippen LogP contribution in [0.2, 0.25) is 0 Å². The van der Waals surface area contributed by atoms with Crippen molar-refractivity contribution in [1.82, 2.24) is 0 Å². The van der Waals surface area contributed by atoms with Gasteiger partial charge in [-0.3, -0.25) is 0 Å². The molecule has 4 N–H and O–H groups in total. The van der Waals surface area contributed by atoms with Crippen LogP contribution in [0.5, 0.6) is 0 Å². The quantitative estimate of drug-likeness (QED) is 0.405. The van der Waals surface area contributed by atoms with Crippen molar-refractivity contribution >= 4 is 0 Å². The average Bonchev–Trinajstić information content (AvgIpc) is 2.78. The standard InChI is InChI=1S/C31H52O4/c1-27(2)16-20-19(15-26(27)35)9-12-30(5)21(20)7-8-25-28(3)17-23(34)22(11-14-32)29(4,18-33)24(28)10-13-31(25,30)6/h7,19-20,22-26,32-35H,8-18H2,1-6H3. The van der Waals surface area contributed by atoms with E-state index < -0.39 is 6.10 Å². The Morgan fingerprint density at radius 2 is 1.63 bits per heavy atom. The number of aliphatic hydroxyl groups excluding tert-OH is 4. The Hall–Kier alpha value is -0.420. The largest absolute Gasteiger partial charge is 0.396 e. The van der Waals surface area contributed by atoms with Gasteiger partial charge in [-0.2, -0.15) is 0 Å². The molecule has 5 aliphatic carbocycles. The molecule has 4 fully saturated rings. The first-order valence-corrected chi connectivity index (χ1v) is 14.6. The summed E-state index contributed by atoms with van der Waals surface area (Å²) in [5.41, 5.74) is 1.61. The highest BCUT2D eigenvalue weighted by atomic mass is 16.3. The molecule has 11 unspecified atom stereocenters. The predicted octanol–water partition coefficient (Wildman–Crippen LogP) is 5.33. The fourth-order valence-electron chi connectivity index (χ4n) is 11.2. The molecule has 5 aliphatic rings. The molecule has 200 valence electrons. The lowest BCUT2D eigenvalue weighted by atomic mass is 9.33. The predicted molar refractivity (Wildman–Crippen MR) is 139 cm³/mol. The van der Waals surface area contributed by atoms with E-state index in [2.05, 4.69) is 47.6 Å². The van der Waals surface area contributed by atoms with Gasteiger partial charge in [-0.15, -0.1) is 0 Å². The molecule has 4 saturated carbocycles. The van der Waals surface area contributed by atoms with Crippen LogP contribution in [0.4, 0.5) is 0 Å². The minimum absolute atomic E-state index is 0.0280. The van der Waals surface area contributed by atoms with Crippen LogP contribution in [-0.4, -0.2) is 45.8 Å². The Balaban J connectivity index is 1.54. The second-order valence-corrected chi connectivity index (χ2v) is 15.2. The molecular weight excluding hydrogens is 436 g/mol. The monoisotopic (exact) mass is 488 g/mol. The second-order valence-electron chi connectivity index (χ2n) is 15.2. The minimum Gasteiger partial charge on any atom is -0.396 e. The summed E-state index contributed by atoms with van der Waals surface area (Å²) in [4.78, 5) is 0. The second kappa shape index (κ2) is 8.29. The molecule has 4 heteroatoms. The van der Waals surface area contributed by atoms with E-state index in [9.17, 15) is 20.4 Å². The number of fused-ring (bicyclic) bond motifs is 7. The van der Waals surface area contributed by atoms with Gasteiger partial charge in [0.15, 0.2) is 0 Å². The SMILES string of the molecule is CC1(C)CC2C3=CCC4C5(C)CC(O)C(CCO)C(C)(CO)C5CCC4(C)C3(C)CCC2CC1O. The summed E-state index contributed by atoms with van der Waals surface area (Å²) in [6.45, 7) is 14.4. The van der Waals surface area contributed by atoms with E-state index in [1.165, 1.54) is 19.3 Å². The van der Waals surface area contributed by atoms with Crippen molar-refractivity contribution in [3.63, 3.8) is 0 Å². The maximum Gasteiger partial charge on any atom is 0.0594 e. The van der Waals surface area contributed by atoms with Crippen LogP contribution in [0, 0.1) is 56.7 Å². The van der Waals surface area contributed by atoms with Crippen molar-refractivity contribution in [2.45, 2.75) is 112 Å². The molecule has 0 aliphatic heterocycles. The van der Waals surface area contributed by atoms with Gasteiger partial charge in [-0.1, -0.05) is 53.2 Å². The van der Waals surface area contributed by atoms with Crippen molar-refractivity contribution in [1.29, 1.82) is 0 Å². The smallest absolute Gasteiger partial charge is 0.0594 e. The molecule has 0 spiro atoms. The third kappa shape index (κ3) is 3.38. The topological polar surface area (TPSA) is 80.9 Å². The zero-order chi connectivity index (χ0) is 25.6. The molecule has 0 aromatic rings. The Bertz CT molecular complexity index is 866. The van der Waals surface area contributed by atoms with Gasteiger partial charge in [0.25, 0.3) is 0 Å². The van der Waals surface area contributed by atoms with Gasteiger partial charge in [0.05, 0.1) is 12.2 Å². The summed E-state index contributed by atoms with van der Waals surface area (Å²) in [7, 11) is 0. The molecule has 0 radical (unpaired) electrons. The molecule has 11 atom stereocenters. The normalized spacial score (nSPS) is 55.1. The van der Waals surface area contributed by atoms with Crippen molar-refractivity contribution in [2.24, 2.45) is 56.7 Å². The summed E-state index contributed by atoms with van der Waals surface area (Å²) < 4.78 is 0. The average molecular weight is 489 g/mol. The number of aliphatic hydroxyl groups is 4. The van der Waals surface area contributed by atoms with Crippen molar-refractivity contribution < 1.29 is 20.4 Å². The molecule has 0 saturated heterocycles. The molecule has 4 nitrogen and oxygen atoms in total. The van der Waals surface area contributed by atoms with Crippen LogP contribution in [0.1, 0.15) is 99.3 Å². The van der Waals surface area contributed by atoms with E-state index in [1.54, 1.807) is 5.57 Å². The summed E-state index contributed by atoms with van der Waals surface area (Å²) in [5.74, 6) is 1.99. The highest BCUT2D eigenvalue weighted by molar-refractivity contribution is 5.32. The zero-order valence-corrected chi connectivity index (χ0v) is 23.2. The minimum atomic E-state index is -0.475. The lowest BCUT2D eigenvalue weighted by Gasteiger charge is -2.71. The molecule has 0 bridgehead atoms. The van der Waals surface area contributed by atoms with E-state index in [0.29, 0.717) is 30.1 Å². The summed E-state index contributed by atoms with van der Waals surface area (Å²) >= 11 is 0. The number of hydrogen-bond acceptors (Lipinski definition) is 4. The van der Waals surface area contributed by atoms with Crippen LogP contribution in [0.3, 0.4) is 0 Å². The molecule has 0 amide bonds. The van der Waals surface area contributed by atoms with Crippen molar-refractivity contribution in [3.8, 4) is 0 Å².